The summed E-state index contributed by atoms with van der Waals surface area (Å²) >= 11 is 5.79. The molecule has 0 aromatic heterocycles. The van der Waals surface area contributed by atoms with E-state index in [1.807, 2.05) is 0 Å². The van der Waals surface area contributed by atoms with Crippen LogP contribution >= 0.6 is 11.6 Å². The van der Waals surface area contributed by atoms with Crippen LogP contribution in [0, 0.1) is 0 Å². The summed E-state index contributed by atoms with van der Waals surface area (Å²) in [5.74, 6) is 0.0816. The Morgan fingerprint density at radius 1 is 1.07 bits per heavy atom. The lowest BCUT2D eigenvalue weighted by Crippen LogP contribution is -2.23. The maximum Gasteiger partial charge on any atom is 0.338 e. The number of methoxy groups -OCH3 is 1. The van der Waals surface area contributed by atoms with Crippen molar-refractivity contribution in [1.82, 2.24) is 4.31 Å². The molecule has 0 bridgehead atoms. The minimum atomic E-state index is -3.78. The Morgan fingerprint density at radius 3 is 2.33 bits per heavy atom. The summed E-state index contributed by atoms with van der Waals surface area (Å²) in [6.45, 7) is 0.148. The van der Waals surface area contributed by atoms with Crippen LogP contribution in [-0.4, -0.2) is 53.1 Å². The molecule has 0 radical (unpaired) electrons. The van der Waals surface area contributed by atoms with Gasteiger partial charge in [0.25, 0.3) is 0 Å². The minimum absolute atomic E-state index is 0.00323. The van der Waals surface area contributed by atoms with Gasteiger partial charge in [-0.05, 0) is 42.5 Å². The molecule has 2 aromatic rings. The topological polar surface area (TPSA) is 82.1 Å². The van der Waals surface area contributed by atoms with Gasteiger partial charge >= 0.3 is 5.97 Å². The molecule has 0 saturated heterocycles. The van der Waals surface area contributed by atoms with Crippen LogP contribution in [0.15, 0.2) is 47.4 Å². The molecule has 0 fully saturated rings. The summed E-state index contributed by atoms with van der Waals surface area (Å²) in [7, 11) is 0.375. The molecule has 0 unspecified atom stereocenters. The van der Waals surface area contributed by atoms with Crippen molar-refractivity contribution in [3.63, 3.8) is 0 Å². The standard InChI is InChI=1S/C18H20ClNO6S/c1-20(2)27(22,23)17-12-13(4-9-16(17)24-3)18(21)26-11-10-25-15-7-5-14(19)6-8-15/h4-9,12H,10-11H2,1-3H3. The van der Waals surface area contributed by atoms with E-state index in [-0.39, 0.29) is 29.4 Å². The van der Waals surface area contributed by atoms with Crippen molar-refractivity contribution in [2.75, 3.05) is 34.4 Å². The number of rotatable bonds is 8. The number of carbonyl (C=O) groups excluding carboxylic acids is 1. The molecule has 2 rings (SSSR count). The summed E-state index contributed by atoms with van der Waals surface area (Å²) in [5.41, 5.74) is 0.0997. The smallest absolute Gasteiger partial charge is 0.338 e. The van der Waals surface area contributed by atoms with Gasteiger partial charge in [-0.3, -0.25) is 0 Å². The highest BCUT2D eigenvalue weighted by atomic mass is 35.5. The number of ether oxygens (including phenoxy) is 3. The summed E-state index contributed by atoms with van der Waals surface area (Å²) in [4.78, 5) is 12.1. The second-order valence-corrected chi connectivity index (χ2v) is 8.15. The highest BCUT2D eigenvalue weighted by molar-refractivity contribution is 7.89. The molecule has 0 atom stereocenters. The SMILES string of the molecule is COc1ccc(C(=O)OCCOc2ccc(Cl)cc2)cc1S(=O)(=O)N(C)C. The van der Waals surface area contributed by atoms with Gasteiger partial charge in [-0.2, -0.15) is 0 Å². The molecule has 27 heavy (non-hydrogen) atoms. The van der Waals surface area contributed by atoms with Crippen LogP contribution in [-0.2, 0) is 14.8 Å². The third-order valence-electron chi connectivity index (χ3n) is 3.56. The van der Waals surface area contributed by atoms with Gasteiger partial charge in [-0.25, -0.2) is 17.5 Å². The molecule has 0 heterocycles. The van der Waals surface area contributed by atoms with Crippen LogP contribution in [0.4, 0.5) is 0 Å². The molecule has 0 amide bonds. The monoisotopic (exact) mass is 413 g/mol. The first kappa shape index (κ1) is 21.0. The Balaban J connectivity index is 2.02. The number of halogens is 1. The number of hydrogen-bond acceptors (Lipinski definition) is 6. The Kier molecular flexibility index (Phi) is 7.06. The van der Waals surface area contributed by atoms with Crippen LogP contribution < -0.4 is 9.47 Å². The van der Waals surface area contributed by atoms with Crippen molar-refractivity contribution in [3.05, 3.63) is 53.1 Å². The number of nitrogens with zero attached hydrogens (tertiary/aromatic N) is 1. The molecule has 146 valence electrons. The third-order valence-corrected chi connectivity index (χ3v) is 5.65. The van der Waals surface area contributed by atoms with Gasteiger partial charge in [-0.1, -0.05) is 11.6 Å². The first-order chi connectivity index (χ1) is 12.8. The molecule has 0 aliphatic rings. The molecule has 0 spiro atoms. The van der Waals surface area contributed by atoms with Gasteiger partial charge in [0.1, 0.15) is 29.6 Å². The zero-order valence-corrected chi connectivity index (χ0v) is 16.7. The van der Waals surface area contributed by atoms with Crippen molar-refractivity contribution >= 4 is 27.6 Å². The lowest BCUT2D eigenvalue weighted by Gasteiger charge is -2.15. The van der Waals surface area contributed by atoms with Crippen molar-refractivity contribution < 1.29 is 27.4 Å². The Labute approximate surface area is 163 Å². The highest BCUT2D eigenvalue weighted by Crippen LogP contribution is 2.27. The van der Waals surface area contributed by atoms with Crippen molar-refractivity contribution in [2.24, 2.45) is 0 Å². The van der Waals surface area contributed by atoms with Gasteiger partial charge in [0.15, 0.2) is 0 Å². The van der Waals surface area contributed by atoms with E-state index in [4.69, 9.17) is 25.8 Å². The third kappa shape index (κ3) is 5.35. The van der Waals surface area contributed by atoms with E-state index >= 15 is 0 Å². The zero-order valence-electron chi connectivity index (χ0n) is 15.1. The average molecular weight is 414 g/mol. The first-order valence-corrected chi connectivity index (χ1v) is 9.73. The molecule has 2 aromatic carbocycles. The lowest BCUT2D eigenvalue weighted by atomic mass is 10.2. The van der Waals surface area contributed by atoms with E-state index in [1.54, 1.807) is 24.3 Å². The Hall–Kier alpha value is -2.29. The van der Waals surface area contributed by atoms with Crippen molar-refractivity contribution in [1.29, 1.82) is 0 Å². The summed E-state index contributed by atoms with van der Waals surface area (Å²) in [5, 5.41) is 0.594. The van der Waals surface area contributed by atoms with Gasteiger partial charge in [-0.15, -0.1) is 0 Å². The minimum Gasteiger partial charge on any atom is -0.495 e. The van der Waals surface area contributed by atoms with Crippen LogP contribution in [0.5, 0.6) is 11.5 Å². The fraction of sp³-hybridized carbons (Fsp3) is 0.278. The fourth-order valence-electron chi connectivity index (χ4n) is 2.11. The van der Waals surface area contributed by atoms with Crippen LogP contribution in [0.25, 0.3) is 0 Å². The Morgan fingerprint density at radius 2 is 1.74 bits per heavy atom. The Bertz CT molecular complexity index is 897. The lowest BCUT2D eigenvalue weighted by molar-refractivity contribution is 0.0450. The first-order valence-electron chi connectivity index (χ1n) is 7.91. The number of carbonyl (C=O) groups is 1. The number of benzene rings is 2. The van der Waals surface area contributed by atoms with E-state index < -0.39 is 16.0 Å². The predicted octanol–water partition coefficient (Wildman–Crippen LogP) is 2.83. The van der Waals surface area contributed by atoms with Crippen LogP contribution in [0.1, 0.15) is 10.4 Å². The maximum absolute atomic E-state index is 12.4. The van der Waals surface area contributed by atoms with Crippen LogP contribution in [0.3, 0.4) is 0 Å². The normalized spacial score (nSPS) is 11.3. The number of esters is 1. The van der Waals surface area contributed by atoms with Crippen molar-refractivity contribution in [2.45, 2.75) is 4.90 Å². The van der Waals surface area contributed by atoms with Gasteiger partial charge in [0.05, 0.1) is 12.7 Å². The van der Waals surface area contributed by atoms with E-state index in [1.165, 1.54) is 39.4 Å². The summed E-state index contributed by atoms with van der Waals surface area (Å²) in [6, 6.07) is 10.9. The van der Waals surface area contributed by atoms with Gasteiger partial charge in [0.2, 0.25) is 10.0 Å². The number of hydrogen-bond donors (Lipinski definition) is 0. The van der Waals surface area contributed by atoms with E-state index in [9.17, 15) is 13.2 Å². The molecule has 9 heteroatoms. The maximum atomic E-state index is 12.4. The van der Waals surface area contributed by atoms with Crippen LogP contribution in [0.2, 0.25) is 5.02 Å². The van der Waals surface area contributed by atoms with Crippen molar-refractivity contribution in [3.8, 4) is 11.5 Å². The highest BCUT2D eigenvalue weighted by Gasteiger charge is 2.24. The molecule has 0 aliphatic carbocycles. The zero-order chi connectivity index (χ0) is 20.0. The summed E-state index contributed by atoms with van der Waals surface area (Å²) < 4.78 is 41.5. The molecular weight excluding hydrogens is 394 g/mol. The van der Waals surface area contributed by atoms with Gasteiger partial charge < -0.3 is 14.2 Å². The fourth-order valence-corrected chi connectivity index (χ4v) is 3.31. The molecule has 0 aliphatic heterocycles. The number of sulfonamides is 1. The molecule has 0 saturated carbocycles. The van der Waals surface area contributed by atoms with E-state index in [0.29, 0.717) is 10.8 Å². The largest absolute Gasteiger partial charge is 0.495 e. The predicted molar refractivity (Wildman–Crippen MR) is 101 cm³/mol. The van der Waals surface area contributed by atoms with E-state index in [2.05, 4.69) is 0 Å². The average Bonchev–Trinajstić information content (AvgIpc) is 2.65. The molecule has 7 nitrogen and oxygen atoms in total. The molecular formula is C18H20ClNO6S. The quantitative estimate of drug-likeness (QED) is 0.489. The van der Waals surface area contributed by atoms with Gasteiger partial charge in [0, 0.05) is 19.1 Å². The second-order valence-electron chi connectivity index (χ2n) is 5.59. The molecule has 0 N–H and O–H groups in total. The summed E-state index contributed by atoms with van der Waals surface area (Å²) in [6.07, 6.45) is 0. The van der Waals surface area contributed by atoms with E-state index in [0.717, 1.165) is 4.31 Å². The second kappa shape index (κ2) is 9.07.